The number of rotatable bonds is 8. The molecule has 0 aliphatic heterocycles. The molecule has 3 atom stereocenters. The standard InChI is InChI=1S/C18H14O8.C9H15NO/c19-15(20)13(25-17(23)11-7-3-1-4-8-11)14(16(21)22)26-18(24)12-9-5-2-6-10-12;1-7-4-5-9(11)8(7)6-10(2)3/h1-10,13-14H,(H,19,20)(H,21,22);6-7H,4-5H2,1-3H3/b;8-6+/t13-,14-;7-/m00/s1. The summed E-state index contributed by atoms with van der Waals surface area (Å²) in [5, 5.41) is 18.5. The first kappa shape index (κ1) is 28.8. The van der Waals surface area contributed by atoms with Gasteiger partial charge in [0.05, 0.1) is 11.1 Å². The molecule has 0 radical (unpaired) electrons. The number of hydrogen-bond acceptors (Lipinski definition) is 8. The number of ether oxygens (including phenoxy) is 2. The number of carbonyl (C=O) groups excluding carboxylic acids is 3. The summed E-state index contributed by atoms with van der Waals surface area (Å²) in [5.74, 6) is -4.85. The van der Waals surface area contributed by atoms with Crippen molar-refractivity contribution in [1.29, 1.82) is 0 Å². The Balaban J connectivity index is 0.000000364. The van der Waals surface area contributed by atoms with Gasteiger partial charge in [-0.05, 0) is 36.6 Å². The van der Waals surface area contributed by atoms with Crippen LogP contribution in [0, 0.1) is 5.92 Å². The topological polar surface area (TPSA) is 148 Å². The van der Waals surface area contributed by atoms with Gasteiger partial charge in [0.15, 0.2) is 5.78 Å². The van der Waals surface area contributed by atoms with Gasteiger partial charge in [0, 0.05) is 32.3 Å². The van der Waals surface area contributed by atoms with Crippen LogP contribution in [0.3, 0.4) is 0 Å². The average Bonchev–Trinajstić information content (AvgIpc) is 3.18. The van der Waals surface area contributed by atoms with Crippen LogP contribution in [0.4, 0.5) is 0 Å². The maximum absolute atomic E-state index is 12.0. The van der Waals surface area contributed by atoms with Crippen molar-refractivity contribution in [3.05, 3.63) is 83.6 Å². The lowest BCUT2D eigenvalue weighted by molar-refractivity contribution is -0.166. The number of hydrogen-bond donors (Lipinski definition) is 2. The van der Waals surface area contributed by atoms with Crippen molar-refractivity contribution in [3.63, 3.8) is 0 Å². The second kappa shape index (κ2) is 13.6. The van der Waals surface area contributed by atoms with Crippen molar-refractivity contribution in [3.8, 4) is 0 Å². The number of Topliss-reactive ketones (excluding diaryl/α,β-unsaturated/α-hetero) is 1. The molecule has 0 spiro atoms. The van der Waals surface area contributed by atoms with Gasteiger partial charge in [-0.3, -0.25) is 4.79 Å². The molecule has 2 aromatic rings. The Bertz CT molecular complexity index is 1070. The molecular weight excluding hydrogens is 482 g/mol. The molecule has 0 aromatic heterocycles. The van der Waals surface area contributed by atoms with Crippen LogP contribution in [0.15, 0.2) is 72.4 Å². The maximum atomic E-state index is 12.0. The number of benzene rings is 2. The van der Waals surface area contributed by atoms with Gasteiger partial charge in [0.1, 0.15) is 0 Å². The van der Waals surface area contributed by atoms with E-state index in [0.717, 1.165) is 18.4 Å². The summed E-state index contributed by atoms with van der Waals surface area (Å²) in [5.41, 5.74) is 1.05. The molecule has 10 nitrogen and oxygen atoms in total. The van der Waals surface area contributed by atoms with Crippen LogP contribution in [0.25, 0.3) is 0 Å². The van der Waals surface area contributed by atoms with Crippen LogP contribution in [0.1, 0.15) is 40.5 Å². The Morgan fingerprint density at radius 2 is 1.24 bits per heavy atom. The summed E-state index contributed by atoms with van der Waals surface area (Å²) in [7, 11) is 3.90. The van der Waals surface area contributed by atoms with Crippen molar-refractivity contribution in [2.45, 2.75) is 32.0 Å². The molecule has 0 amide bonds. The van der Waals surface area contributed by atoms with E-state index in [2.05, 4.69) is 6.92 Å². The number of ketones is 1. The quantitative estimate of drug-likeness (QED) is 0.400. The predicted molar refractivity (Wildman–Crippen MR) is 132 cm³/mol. The number of carboxylic acid groups (broad SMARTS) is 2. The second-order valence-corrected chi connectivity index (χ2v) is 8.47. The molecule has 1 fully saturated rings. The molecule has 2 N–H and O–H groups in total. The van der Waals surface area contributed by atoms with Gasteiger partial charge in [-0.15, -0.1) is 0 Å². The van der Waals surface area contributed by atoms with Crippen LogP contribution >= 0.6 is 0 Å². The highest BCUT2D eigenvalue weighted by Gasteiger charge is 2.41. The zero-order valence-corrected chi connectivity index (χ0v) is 20.7. The highest BCUT2D eigenvalue weighted by Crippen LogP contribution is 2.27. The van der Waals surface area contributed by atoms with Crippen LogP contribution in [-0.2, 0) is 23.9 Å². The van der Waals surface area contributed by atoms with Gasteiger partial charge in [-0.2, -0.15) is 0 Å². The van der Waals surface area contributed by atoms with E-state index in [1.807, 2.05) is 25.2 Å². The Labute approximate surface area is 214 Å². The SMILES string of the molecule is C[C@H]1CCC(=O)/C1=C/N(C)C.O=C(O[C@H](C(=O)O)[C@H](OC(=O)c1ccccc1)C(=O)O)c1ccccc1. The number of nitrogens with zero attached hydrogens (tertiary/aromatic N) is 1. The Hall–Kier alpha value is -4.47. The number of carboxylic acids is 2. The van der Waals surface area contributed by atoms with Crippen LogP contribution in [0.5, 0.6) is 0 Å². The molecule has 10 heteroatoms. The molecule has 1 aliphatic rings. The minimum Gasteiger partial charge on any atom is -0.478 e. The Morgan fingerprint density at radius 3 is 1.54 bits per heavy atom. The van der Waals surface area contributed by atoms with Crippen molar-refractivity contribution >= 4 is 29.7 Å². The van der Waals surface area contributed by atoms with Gasteiger partial charge in [0.2, 0.25) is 12.2 Å². The van der Waals surface area contributed by atoms with Crippen molar-refractivity contribution in [2.75, 3.05) is 14.1 Å². The summed E-state index contributed by atoms with van der Waals surface area (Å²) in [6, 6.07) is 14.8. The normalized spacial score (nSPS) is 17.1. The minimum absolute atomic E-state index is 0.0253. The fourth-order valence-corrected chi connectivity index (χ4v) is 3.40. The summed E-state index contributed by atoms with van der Waals surface area (Å²) >= 11 is 0. The summed E-state index contributed by atoms with van der Waals surface area (Å²) in [6.07, 6.45) is -0.722. The number of carbonyl (C=O) groups is 5. The third kappa shape index (κ3) is 8.60. The highest BCUT2D eigenvalue weighted by molar-refractivity contribution is 5.98. The molecule has 1 saturated carbocycles. The summed E-state index contributed by atoms with van der Waals surface area (Å²) < 4.78 is 9.52. The monoisotopic (exact) mass is 511 g/mol. The van der Waals surface area contributed by atoms with Gasteiger partial charge in [-0.1, -0.05) is 43.3 Å². The largest absolute Gasteiger partial charge is 0.478 e. The van der Waals surface area contributed by atoms with E-state index in [4.69, 9.17) is 9.47 Å². The molecule has 0 saturated heterocycles. The first-order valence-corrected chi connectivity index (χ1v) is 11.4. The first-order chi connectivity index (χ1) is 17.5. The van der Waals surface area contributed by atoms with Gasteiger partial charge >= 0.3 is 23.9 Å². The lowest BCUT2D eigenvalue weighted by atomic mass is 10.1. The molecule has 37 heavy (non-hydrogen) atoms. The Morgan fingerprint density at radius 1 is 0.838 bits per heavy atom. The van der Waals surface area contributed by atoms with Crippen LogP contribution < -0.4 is 0 Å². The third-order valence-electron chi connectivity index (χ3n) is 5.30. The second-order valence-electron chi connectivity index (χ2n) is 8.47. The zero-order valence-electron chi connectivity index (χ0n) is 20.7. The lowest BCUT2D eigenvalue weighted by Gasteiger charge is -2.21. The van der Waals surface area contributed by atoms with E-state index >= 15 is 0 Å². The van der Waals surface area contributed by atoms with Gasteiger partial charge in [-0.25, -0.2) is 19.2 Å². The van der Waals surface area contributed by atoms with E-state index in [1.165, 1.54) is 48.5 Å². The fourth-order valence-electron chi connectivity index (χ4n) is 3.40. The molecule has 1 aliphatic carbocycles. The molecule has 196 valence electrons. The number of allylic oxidation sites excluding steroid dienone is 1. The fraction of sp³-hybridized carbons (Fsp3) is 0.296. The molecule has 0 heterocycles. The number of esters is 2. The van der Waals surface area contributed by atoms with Crippen molar-refractivity contribution in [2.24, 2.45) is 5.92 Å². The van der Waals surface area contributed by atoms with E-state index in [1.54, 1.807) is 12.1 Å². The van der Waals surface area contributed by atoms with Crippen LogP contribution in [-0.4, -0.2) is 71.1 Å². The van der Waals surface area contributed by atoms with Gasteiger partial charge in [0.25, 0.3) is 0 Å². The minimum atomic E-state index is -2.21. The first-order valence-electron chi connectivity index (χ1n) is 11.4. The van der Waals surface area contributed by atoms with E-state index < -0.39 is 36.1 Å². The zero-order chi connectivity index (χ0) is 27.5. The van der Waals surface area contributed by atoms with E-state index in [-0.39, 0.29) is 11.1 Å². The van der Waals surface area contributed by atoms with Crippen molar-refractivity contribution in [1.82, 2.24) is 4.90 Å². The van der Waals surface area contributed by atoms with Crippen LogP contribution in [0.2, 0.25) is 0 Å². The smallest absolute Gasteiger partial charge is 0.349 e. The van der Waals surface area contributed by atoms with E-state index in [9.17, 15) is 34.2 Å². The molecule has 0 unspecified atom stereocenters. The molecule has 0 bridgehead atoms. The maximum Gasteiger partial charge on any atom is 0.349 e. The third-order valence-corrected chi connectivity index (χ3v) is 5.30. The lowest BCUT2D eigenvalue weighted by Crippen LogP contribution is -2.45. The molecule has 2 aromatic carbocycles. The average molecular weight is 512 g/mol. The Kier molecular flexibility index (Phi) is 10.6. The van der Waals surface area contributed by atoms with Gasteiger partial charge < -0.3 is 24.6 Å². The highest BCUT2D eigenvalue weighted by atomic mass is 16.6. The molecular formula is C27H29NO9. The number of aliphatic carboxylic acids is 2. The van der Waals surface area contributed by atoms with Crippen molar-refractivity contribution < 1.29 is 43.7 Å². The summed E-state index contributed by atoms with van der Waals surface area (Å²) in [4.78, 5) is 60.0. The predicted octanol–water partition coefficient (Wildman–Crippen LogP) is 3.04. The molecule has 3 rings (SSSR count). The summed E-state index contributed by atoms with van der Waals surface area (Å²) in [6.45, 7) is 2.11. The van der Waals surface area contributed by atoms with E-state index in [0.29, 0.717) is 11.7 Å².